The van der Waals surface area contributed by atoms with Gasteiger partial charge in [-0.25, -0.2) is 0 Å². The second kappa shape index (κ2) is 4.45. The Morgan fingerprint density at radius 3 is 2.69 bits per heavy atom. The summed E-state index contributed by atoms with van der Waals surface area (Å²) in [6, 6.07) is 3.89. The molecule has 2 rings (SSSR count). The van der Waals surface area contributed by atoms with Crippen molar-refractivity contribution in [3.63, 3.8) is 0 Å². The van der Waals surface area contributed by atoms with Gasteiger partial charge >= 0.3 is 0 Å². The molecular formula is C12H16N2O2. The van der Waals surface area contributed by atoms with Crippen LogP contribution in [0.4, 0.5) is 0 Å². The van der Waals surface area contributed by atoms with E-state index in [1.54, 1.807) is 14.2 Å². The maximum absolute atomic E-state index is 5.33. The predicted molar refractivity (Wildman–Crippen MR) is 64.2 cm³/mol. The van der Waals surface area contributed by atoms with E-state index in [9.17, 15) is 0 Å². The van der Waals surface area contributed by atoms with Gasteiger partial charge < -0.3 is 19.8 Å². The minimum absolute atomic E-state index is 0.803. The number of H-pyrrole nitrogens is 1. The highest BCUT2D eigenvalue weighted by Crippen LogP contribution is 2.32. The Kier molecular flexibility index (Phi) is 3.01. The molecule has 0 saturated carbocycles. The number of ether oxygens (including phenoxy) is 2. The Morgan fingerprint density at radius 1 is 1.25 bits per heavy atom. The second-order valence-corrected chi connectivity index (χ2v) is 3.60. The van der Waals surface area contributed by atoms with Crippen molar-refractivity contribution in [3.8, 4) is 11.5 Å². The zero-order chi connectivity index (χ0) is 11.5. The Hall–Kier alpha value is -1.68. The molecule has 0 amide bonds. The van der Waals surface area contributed by atoms with Crippen LogP contribution in [0.1, 0.15) is 5.56 Å². The molecule has 1 heterocycles. The van der Waals surface area contributed by atoms with Gasteiger partial charge in [0.25, 0.3) is 0 Å². The molecule has 0 saturated heterocycles. The molecule has 0 bridgehead atoms. The maximum Gasteiger partial charge on any atom is 0.146 e. The van der Waals surface area contributed by atoms with Crippen LogP contribution in [0.2, 0.25) is 0 Å². The summed E-state index contributed by atoms with van der Waals surface area (Å²) >= 11 is 0. The summed E-state index contributed by atoms with van der Waals surface area (Å²) in [5, 5.41) is 4.27. The van der Waals surface area contributed by atoms with Crippen molar-refractivity contribution < 1.29 is 9.47 Å². The smallest absolute Gasteiger partial charge is 0.146 e. The van der Waals surface area contributed by atoms with Crippen molar-refractivity contribution >= 4 is 10.9 Å². The number of nitrogens with one attached hydrogen (secondary N) is 2. The molecule has 0 radical (unpaired) electrons. The third kappa shape index (κ3) is 1.72. The fourth-order valence-corrected chi connectivity index (χ4v) is 1.84. The highest BCUT2D eigenvalue weighted by atomic mass is 16.5. The number of benzene rings is 1. The quantitative estimate of drug-likeness (QED) is 0.827. The number of aromatic amines is 1. The third-order valence-corrected chi connectivity index (χ3v) is 2.64. The zero-order valence-electron chi connectivity index (χ0n) is 9.76. The van der Waals surface area contributed by atoms with Crippen LogP contribution in [-0.4, -0.2) is 26.3 Å². The summed E-state index contributed by atoms with van der Waals surface area (Å²) in [7, 11) is 5.24. The van der Waals surface area contributed by atoms with E-state index in [-0.39, 0.29) is 0 Å². The van der Waals surface area contributed by atoms with E-state index in [4.69, 9.17) is 9.47 Å². The largest absolute Gasteiger partial charge is 0.497 e. The standard InChI is InChI=1S/C12H16N2O2/c1-13-6-8-7-14-12-10(8)4-9(15-2)5-11(12)16-3/h4-5,7,13-14H,6H2,1-3H3. The van der Waals surface area contributed by atoms with Crippen LogP contribution < -0.4 is 14.8 Å². The first kappa shape index (κ1) is 10.8. The fourth-order valence-electron chi connectivity index (χ4n) is 1.84. The van der Waals surface area contributed by atoms with Crippen molar-refractivity contribution in [1.82, 2.24) is 10.3 Å². The average Bonchev–Trinajstić information content (AvgIpc) is 2.72. The van der Waals surface area contributed by atoms with Crippen LogP contribution in [-0.2, 0) is 6.54 Å². The van der Waals surface area contributed by atoms with E-state index in [1.807, 2.05) is 25.4 Å². The third-order valence-electron chi connectivity index (χ3n) is 2.64. The zero-order valence-corrected chi connectivity index (χ0v) is 9.76. The molecular weight excluding hydrogens is 204 g/mol. The molecule has 86 valence electrons. The first-order valence-corrected chi connectivity index (χ1v) is 5.16. The lowest BCUT2D eigenvalue weighted by molar-refractivity contribution is 0.397. The minimum atomic E-state index is 0.803. The number of hydrogen-bond acceptors (Lipinski definition) is 3. The van der Waals surface area contributed by atoms with Gasteiger partial charge in [-0.3, -0.25) is 0 Å². The maximum atomic E-state index is 5.33. The lowest BCUT2D eigenvalue weighted by Gasteiger charge is -2.06. The van der Waals surface area contributed by atoms with Crippen LogP contribution in [0.15, 0.2) is 18.3 Å². The van der Waals surface area contributed by atoms with E-state index in [0.717, 1.165) is 28.9 Å². The molecule has 0 atom stereocenters. The SMILES string of the molecule is CNCc1c[nH]c2c(OC)cc(OC)cc12. The highest BCUT2D eigenvalue weighted by Gasteiger charge is 2.10. The molecule has 4 nitrogen and oxygen atoms in total. The Balaban J connectivity index is 2.62. The highest BCUT2D eigenvalue weighted by molar-refractivity contribution is 5.89. The van der Waals surface area contributed by atoms with Crippen molar-refractivity contribution in [1.29, 1.82) is 0 Å². The molecule has 0 spiro atoms. The van der Waals surface area contributed by atoms with Gasteiger partial charge in [0.1, 0.15) is 11.5 Å². The van der Waals surface area contributed by atoms with Gasteiger partial charge in [-0.2, -0.15) is 0 Å². The van der Waals surface area contributed by atoms with E-state index >= 15 is 0 Å². The fraction of sp³-hybridized carbons (Fsp3) is 0.333. The topological polar surface area (TPSA) is 46.3 Å². The second-order valence-electron chi connectivity index (χ2n) is 3.60. The lowest BCUT2D eigenvalue weighted by atomic mass is 10.1. The molecule has 0 unspecified atom stereocenters. The van der Waals surface area contributed by atoms with Gasteiger partial charge in [0.05, 0.1) is 19.7 Å². The van der Waals surface area contributed by atoms with E-state index in [0.29, 0.717) is 0 Å². The van der Waals surface area contributed by atoms with E-state index < -0.39 is 0 Å². The summed E-state index contributed by atoms with van der Waals surface area (Å²) in [5.41, 5.74) is 2.21. The number of aromatic nitrogens is 1. The molecule has 4 heteroatoms. The molecule has 16 heavy (non-hydrogen) atoms. The number of methoxy groups -OCH3 is 2. The molecule has 1 aromatic heterocycles. The van der Waals surface area contributed by atoms with Gasteiger partial charge in [0, 0.05) is 24.2 Å². The van der Waals surface area contributed by atoms with Gasteiger partial charge in [-0.15, -0.1) is 0 Å². The van der Waals surface area contributed by atoms with Crippen LogP contribution in [0.25, 0.3) is 10.9 Å². The normalized spacial score (nSPS) is 10.7. The molecule has 0 aliphatic heterocycles. The van der Waals surface area contributed by atoms with Crippen molar-refractivity contribution in [2.75, 3.05) is 21.3 Å². The van der Waals surface area contributed by atoms with Crippen LogP contribution >= 0.6 is 0 Å². The average molecular weight is 220 g/mol. The van der Waals surface area contributed by atoms with Crippen LogP contribution in [0, 0.1) is 0 Å². The lowest BCUT2D eigenvalue weighted by Crippen LogP contribution is -2.04. The molecule has 2 aromatic rings. The van der Waals surface area contributed by atoms with E-state index in [2.05, 4.69) is 10.3 Å². The summed E-state index contributed by atoms with van der Waals surface area (Å²) in [5.74, 6) is 1.61. The van der Waals surface area contributed by atoms with Crippen molar-refractivity contribution in [2.24, 2.45) is 0 Å². The monoisotopic (exact) mass is 220 g/mol. The van der Waals surface area contributed by atoms with Gasteiger partial charge in [-0.1, -0.05) is 0 Å². The minimum Gasteiger partial charge on any atom is -0.497 e. The van der Waals surface area contributed by atoms with Crippen LogP contribution in [0.3, 0.4) is 0 Å². The first-order chi connectivity index (χ1) is 7.80. The summed E-state index contributed by atoms with van der Waals surface area (Å²) in [6.45, 7) is 0.816. The summed E-state index contributed by atoms with van der Waals surface area (Å²) in [6.07, 6.45) is 1.99. The Bertz CT molecular complexity index is 491. The van der Waals surface area contributed by atoms with Gasteiger partial charge in [0.2, 0.25) is 0 Å². The molecule has 1 aromatic carbocycles. The predicted octanol–water partition coefficient (Wildman–Crippen LogP) is 1.90. The first-order valence-electron chi connectivity index (χ1n) is 5.16. The molecule has 2 N–H and O–H groups in total. The molecule has 0 fully saturated rings. The van der Waals surface area contributed by atoms with Crippen LogP contribution in [0.5, 0.6) is 11.5 Å². The molecule has 0 aliphatic carbocycles. The van der Waals surface area contributed by atoms with Crippen molar-refractivity contribution in [3.05, 3.63) is 23.9 Å². The molecule has 0 aliphatic rings. The summed E-state index contributed by atoms with van der Waals surface area (Å²) in [4.78, 5) is 3.22. The number of rotatable bonds is 4. The van der Waals surface area contributed by atoms with Gasteiger partial charge in [0.15, 0.2) is 0 Å². The Labute approximate surface area is 94.6 Å². The Morgan fingerprint density at radius 2 is 2.06 bits per heavy atom. The van der Waals surface area contributed by atoms with Gasteiger partial charge in [-0.05, 0) is 18.7 Å². The number of hydrogen-bond donors (Lipinski definition) is 2. The van der Waals surface area contributed by atoms with Crippen molar-refractivity contribution in [2.45, 2.75) is 6.54 Å². The number of fused-ring (bicyclic) bond motifs is 1. The summed E-state index contributed by atoms with van der Waals surface area (Å²) < 4.78 is 10.6. The van der Waals surface area contributed by atoms with E-state index in [1.165, 1.54) is 5.56 Å².